The van der Waals surface area contributed by atoms with E-state index in [4.69, 9.17) is 10.0 Å². The number of hydrogen-bond acceptors (Lipinski definition) is 5. The van der Waals surface area contributed by atoms with E-state index in [2.05, 4.69) is 9.97 Å². The highest BCUT2D eigenvalue weighted by molar-refractivity contribution is 6.58. The van der Waals surface area contributed by atoms with Crippen LogP contribution in [0.15, 0.2) is 12.4 Å². The summed E-state index contributed by atoms with van der Waals surface area (Å²) in [6.07, 6.45) is -1.64. The van der Waals surface area contributed by atoms with E-state index in [1.54, 1.807) is 0 Å². The summed E-state index contributed by atoms with van der Waals surface area (Å²) in [5.74, 6) is -0.0424. The Morgan fingerprint density at radius 1 is 1.28 bits per heavy atom. The normalized spacial score (nSPS) is 20.3. The van der Waals surface area contributed by atoms with Crippen LogP contribution in [0.2, 0.25) is 0 Å². The van der Waals surface area contributed by atoms with Crippen molar-refractivity contribution < 1.29 is 23.2 Å². The molecule has 0 unspecified atom stereocenters. The van der Waals surface area contributed by atoms with Crippen LogP contribution in [-0.2, 0) is 0 Å². The molecule has 0 aromatic carbocycles. The van der Waals surface area contributed by atoms with Gasteiger partial charge in [-0.15, -0.1) is 0 Å². The van der Waals surface area contributed by atoms with E-state index in [0.717, 1.165) is 17.3 Å². The van der Waals surface area contributed by atoms with Gasteiger partial charge in [0.15, 0.2) is 0 Å². The summed E-state index contributed by atoms with van der Waals surface area (Å²) >= 11 is 0. The highest BCUT2D eigenvalue weighted by Crippen LogP contribution is 2.34. The fraction of sp³-hybridized carbons (Fsp3) is 0.556. The van der Waals surface area contributed by atoms with Gasteiger partial charge in [0.2, 0.25) is 5.95 Å². The first-order chi connectivity index (χ1) is 8.39. The van der Waals surface area contributed by atoms with Gasteiger partial charge in [0.25, 0.3) is 0 Å². The zero-order chi connectivity index (χ0) is 13.3. The Morgan fingerprint density at radius 2 is 1.89 bits per heavy atom. The molecule has 0 spiro atoms. The minimum absolute atomic E-state index is 0.0250. The maximum absolute atomic E-state index is 12.7. The molecule has 0 saturated carbocycles. The van der Waals surface area contributed by atoms with Crippen LogP contribution in [0, 0.1) is 0 Å². The Bertz CT molecular complexity index is 413. The zero-order valence-electron chi connectivity index (χ0n) is 9.30. The fourth-order valence-corrected chi connectivity index (χ4v) is 1.96. The van der Waals surface area contributed by atoms with E-state index in [-0.39, 0.29) is 24.4 Å². The average molecular weight is 261 g/mol. The second-order valence-corrected chi connectivity index (χ2v) is 4.08. The van der Waals surface area contributed by atoms with Crippen molar-refractivity contribution in [3.63, 3.8) is 0 Å². The van der Waals surface area contributed by atoms with Crippen LogP contribution in [0.1, 0.15) is 12.8 Å². The predicted molar refractivity (Wildman–Crippen MR) is 58.3 cm³/mol. The van der Waals surface area contributed by atoms with Gasteiger partial charge in [0.05, 0.1) is 0 Å². The quantitative estimate of drug-likeness (QED) is 0.714. The van der Waals surface area contributed by atoms with Crippen molar-refractivity contribution >= 4 is 18.5 Å². The Labute approximate surface area is 101 Å². The number of rotatable bonds is 2. The molecule has 98 valence electrons. The summed E-state index contributed by atoms with van der Waals surface area (Å²) in [7, 11) is -1.73. The van der Waals surface area contributed by atoms with Gasteiger partial charge in [0, 0.05) is 24.4 Å². The van der Waals surface area contributed by atoms with Crippen LogP contribution in [0.5, 0.6) is 0 Å². The van der Waals surface area contributed by atoms with Crippen LogP contribution in [-0.4, -0.2) is 45.9 Å². The lowest BCUT2D eigenvalue weighted by Gasteiger charge is -2.26. The third-order valence-corrected chi connectivity index (χ3v) is 2.84. The number of anilines is 1. The Balaban J connectivity index is 2.20. The SMILES string of the molecule is OB(O)c1cnc(N2CCC[C@H]2C(F)(F)F)nc1. The monoisotopic (exact) mass is 261 g/mol. The van der Waals surface area contributed by atoms with Crippen LogP contribution < -0.4 is 10.4 Å². The molecular weight excluding hydrogens is 250 g/mol. The molecule has 1 fully saturated rings. The van der Waals surface area contributed by atoms with Gasteiger partial charge < -0.3 is 14.9 Å². The van der Waals surface area contributed by atoms with Crippen molar-refractivity contribution in [3.05, 3.63) is 12.4 Å². The molecule has 1 saturated heterocycles. The molecule has 2 heterocycles. The van der Waals surface area contributed by atoms with E-state index in [1.807, 2.05) is 0 Å². The van der Waals surface area contributed by atoms with E-state index in [9.17, 15) is 13.2 Å². The molecule has 1 aromatic heterocycles. The van der Waals surface area contributed by atoms with E-state index in [0.29, 0.717) is 6.42 Å². The second kappa shape index (κ2) is 4.73. The zero-order valence-corrected chi connectivity index (χ0v) is 9.30. The lowest BCUT2D eigenvalue weighted by molar-refractivity contribution is -0.146. The van der Waals surface area contributed by atoms with E-state index in [1.165, 1.54) is 0 Å². The molecule has 1 aromatic rings. The molecule has 2 N–H and O–H groups in total. The Hall–Kier alpha value is -1.35. The largest absolute Gasteiger partial charge is 0.491 e. The molecule has 2 rings (SSSR count). The molecule has 1 aliphatic rings. The standard InChI is InChI=1S/C9H11BF3N3O2/c11-9(12,13)7-2-1-3-16(7)8-14-4-6(5-15-8)10(17)18/h4-5,7,17-18H,1-3H2/t7-/m0/s1. The van der Waals surface area contributed by atoms with Gasteiger partial charge in [-0.2, -0.15) is 13.2 Å². The van der Waals surface area contributed by atoms with Gasteiger partial charge in [-0.3, -0.25) is 0 Å². The summed E-state index contributed by atoms with van der Waals surface area (Å²) in [6, 6.07) is -1.57. The van der Waals surface area contributed by atoms with Gasteiger partial charge in [0.1, 0.15) is 6.04 Å². The molecule has 0 radical (unpaired) electrons. The van der Waals surface area contributed by atoms with Gasteiger partial charge in [-0.05, 0) is 12.8 Å². The number of hydrogen-bond donors (Lipinski definition) is 2. The maximum Gasteiger partial charge on any atom is 0.491 e. The highest BCUT2D eigenvalue weighted by atomic mass is 19.4. The van der Waals surface area contributed by atoms with Gasteiger partial charge in [-0.25, -0.2) is 9.97 Å². The van der Waals surface area contributed by atoms with Gasteiger partial charge in [-0.1, -0.05) is 0 Å². The number of alkyl halides is 3. The molecule has 0 amide bonds. The summed E-state index contributed by atoms with van der Waals surface area (Å²) in [6.45, 7) is 0.241. The van der Waals surface area contributed by atoms with Crippen LogP contribution in [0.4, 0.5) is 19.1 Å². The molecule has 1 atom stereocenters. The molecule has 0 aliphatic carbocycles. The maximum atomic E-state index is 12.7. The highest BCUT2D eigenvalue weighted by Gasteiger charge is 2.46. The summed E-state index contributed by atoms with van der Waals surface area (Å²) in [5.41, 5.74) is 0.0431. The fourth-order valence-electron chi connectivity index (χ4n) is 1.96. The van der Waals surface area contributed by atoms with Crippen molar-refractivity contribution in [2.24, 2.45) is 0 Å². The van der Waals surface area contributed by atoms with Crippen molar-refractivity contribution in [1.82, 2.24) is 9.97 Å². The van der Waals surface area contributed by atoms with E-state index < -0.39 is 19.3 Å². The molecular formula is C9H11BF3N3O2. The molecule has 18 heavy (non-hydrogen) atoms. The first kappa shape index (κ1) is 13.1. The van der Waals surface area contributed by atoms with Gasteiger partial charge >= 0.3 is 13.3 Å². The van der Waals surface area contributed by atoms with Crippen LogP contribution >= 0.6 is 0 Å². The van der Waals surface area contributed by atoms with Crippen molar-refractivity contribution in [2.45, 2.75) is 25.1 Å². The Morgan fingerprint density at radius 3 is 2.39 bits per heavy atom. The van der Waals surface area contributed by atoms with Crippen molar-refractivity contribution in [2.75, 3.05) is 11.4 Å². The first-order valence-electron chi connectivity index (χ1n) is 5.41. The lowest BCUT2D eigenvalue weighted by Crippen LogP contribution is -2.42. The van der Waals surface area contributed by atoms with Crippen LogP contribution in [0.25, 0.3) is 0 Å². The van der Waals surface area contributed by atoms with E-state index >= 15 is 0 Å². The third-order valence-electron chi connectivity index (χ3n) is 2.84. The number of halogens is 3. The second-order valence-electron chi connectivity index (χ2n) is 4.08. The summed E-state index contributed by atoms with van der Waals surface area (Å²) in [4.78, 5) is 8.57. The predicted octanol–water partition coefficient (Wildman–Crippen LogP) is -0.313. The smallest absolute Gasteiger partial charge is 0.423 e. The molecule has 1 aliphatic heterocycles. The first-order valence-corrected chi connectivity index (χ1v) is 5.41. The summed E-state index contributed by atoms with van der Waals surface area (Å²) < 4.78 is 38.2. The molecule has 5 nitrogen and oxygen atoms in total. The third kappa shape index (κ3) is 2.56. The van der Waals surface area contributed by atoms with Crippen molar-refractivity contribution in [1.29, 1.82) is 0 Å². The molecule has 9 heteroatoms. The topological polar surface area (TPSA) is 69.5 Å². The Kier molecular flexibility index (Phi) is 3.44. The van der Waals surface area contributed by atoms with Crippen molar-refractivity contribution in [3.8, 4) is 0 Å². The molecule has 0 bridgehead atoms. The minimum atomic E-state index is -4.31. The number of aromatic nitrogens is 2. The average Bonchev–Trinajstić information content (AvgIpc) is 2.77. The summed E-state index contributed by atoms with van der Waals surface area (Å²) in [5, 5.41) is 17.7. The number of nitrogens with zero attached hydrogens (tertiary/aromatic N) is 3. The lowest BCUT2D eigenvalue weighted by atomic mass is 9.83. The van der Waals surface area contributed by atoms with Crippen LogP contribution in [0.3, 0.4) is 0 Å². The minimum Gasteiger partial charge on any atom is -0.423 e.